The largest absolute Gasteiger partial charge is 0.480 e. The van der Waals surface area contributed by atoms with Crippen molar-refractivity contribution < 1.29 is 9.90 Å². The molecule has 0 aliphatic rings. The highest BCUT2D eigenvalue weighted by atomic mass is 32.2. The van der Waals surface area contributed by atoms with Gasteiger partial charge in [-0.25, -0.2) is 9.97 Å². The molecule has 1 heterocycles. The Kier molecular flexibility index (Phi) is 4.51. The number of carboxylic acids is 1. The molecule has 0 saturated heterocycles. The van der Waals surface area contributed by atoms with E-state index in [-0.39, 0.29) is 0 Å². The van der Waals surface area contributed by atoms with Gasteiger partial charge < -0.3 is 10.8 Å². The summed E-state index contributed by atoms with van der Waals surface area (Å²) in [7, 11) is 0. The van der Waals surface area contributed by atoms with Gasteiger partial charge in [-0.3, -0.25) is 4.79 Å². The molecule has 0 unspecified atom stereocenters. The van der Waals surface area contributed by atoms with Crippen LogP contribution in [0.2, 0.25) is 0 Å². The van der Waals surface area contributed by atoms with Crippen LogP contribution in [0, 0.1) is 0 Å². The molecular weight excluding hydrogens is 214 g/mol. The van der Waals surface area contributed by atoms with Crippen LogP contribution in [-0.2, 0) is 11.2 Å². The normalized spacial score (nSPS) is 12.4. The molecule has 0 aromatic carbocycles. The number of nitrogens with zero attached hydrogens (tertiary/aromatic N) is 2. The fourth-order valence-electron chi connectivity index (χ4n) is 1.04. The molecule has 0 radical (unpaired) electrons. The highest BCUT2D eigenvalue weighted by molar-refractivity contribution is 7.98. The lowest BCUT2D eigenvalue weighted by Crippen LogP contribution is -2.30. The van der Waals surface area contributed by atoms with Crippen LogP contribution < -0.4 is 5.73 Å². The number of rotatable bonds is 5. The van der Waals surface area contributed by atoms with Crippen LogP contribution in [0.4, 0.5) is 0 Å². The van der Waals surface area contributed by atoms with E-state index in [9.17, 15) is 4.79 Å². The molecule has 5 nitrogen and oxygen atoms in total. The SMILES string of the molecule is CSc1nccc(CC[C@H](N)C(=O)O)n1. The van der Waals surface area contributed by atoms with E-state index in [2.05, 4.69) is 9.97 Å². The van der Waals surface area contributed by atoms with Gasteiger partial charge in [0.2, 0.25) is 0 Å². The Balaban J connectivity index is 2.53. The number of carboxylic acid groups (broad SMARTS) is 1. The molecule has 0 amide bonds. The molecule has 0 aliphatic heterocycles. The van der Waals surface area contributed by atoms with E-state index >= 15 is 0 Å². The Morgan fingerprint density at radius 3 is 3.07 bits per heavy atom. The summed E-state index contributed by atoms with van der Waals surface area (Å²) in [5, 5.41) is 9.29. The summed E-state index contributed by atoms with van der Waals surface area (Å²) in [4.78, 5) is 18.7. The molecule has 15 heavy (non-hydrogen) atoms. The first-order valence-corrected chi connectivity index (χ1v) is 5.70. The number of aromatic nitrogens is 2. The van der Waals surface area contributed by atoms with Gasteiger partial charge in [-0.15, -0.1) is 0 Å². The van der Waals surface area contributed by atoms with Crippen molar-refractivity contribution in [2.75, 3.05) is 6.26 Å². The topological polar surface area (TPSA) is 89.1 Å². The first-order valence-electron chi connectivity index (χ1n) is 4.47. The monoisotopic (exact) mass is 227 g/mol. The molecular formula is C9H13N3O2S. The van der Waals surface area contributed by atoms with E-state index in [0.29, 0.717) is 18.0 Å². The molecule has 0 bridgehead atoms. The maximum Gasteiger partial charge on any atom is 0.320 e. The van der Waals surface area contributed by atoms with Gasteiger partial charge in [0, 0.05) is 11.9 Å². The zero-order valence-electron chi connectivity index (χ0n) is 8.38. The van der Waals surface area contributed by atoms with Crippen molar-refractivity contribution in [1.82, 2.24) is 9.97 Å². The summed E-state index contributed by atoms with van der Waals surface area (Å²) in [5.41, 5.74) is 6.21. The summed E-state index contributed by atoms with van der Waals surface area (Å²) in [6, 6.07) is 0.951. The average molecular weight is 227 g/mol. The summed E-state index contributed by atoms with van der Waals surface area (Å²) >= 11 is 1.45. The van der Waals surface area contributed by atoms with Gasteiger partial charge in [-0.2, -0.15) is 0 Å². The maximum atomic E-state index is 10.5. The lowest BCUT2D eigenvalue weighted by Gasteiger charge is -2.05. The van der Waals surface area contributed by atoms with Crippen molar-refractivity contribution in [3.05, 3.63) is 18.0 Å². The van der Waals surface area contributed by atoms with Crippen molar-refractivity contribution in [3.8, 4) is 0 Å². The Morgan fingerprint density at radius 1 is 1.73 bits per heavy atom. The first-order chi connectivity index (χ1) is 7.13. The van der Waals surface area contributed by atoms with Gasteiger partial charge in [0.1, 0.15) is 6.04 Å². The molecule has 0 saturated carbocycles. The fraction of sp³-hybridized carbons (Fsp3) is 0.444. The van der Waals surface area contributed by atoms with Gasteiger partial charge in [0.15, 0.2) is 5.16 Å². The molecule has 82 valence electrons. The van der Waals surface area contributed by atoms with Crippen LogP contribution in [0.15, 0.2) is 17.4 Å². The predicted molar refractivity (Wildman–Crippen MR) is 57.7 cm³/mol. The van der Waals surface area contributed by atoms with E-state index in [1.807, 2.05) is 6.26 Å². The minimum absolute atomic E-state index is 0.389. The zero-order chi connectivity index (χ0) is 11.3. The Bertz CT molecular complexity index is 346. The standard InChI is InChI=1S/C9H13N3O2S/c1-15-9-11-5-4-6(12-9)2-3-7(10)8(13)14/h4-5,7H,2-3,10H2,1H3,(H,13,14)/t7-/m0/s1. The smallest absolute Gasteiger partial charge is 0.320 e. The number of thioether (sulfide) groups is 1. The van der Waals surface area contributed by atoms with E-state index in [1.54, 1.807) is 12.3 Å². The number of nitrogens with two attached hydrogens (primary N) is 1. The van der Waals surface area contributed by atoms with Crippen molar-refractivity contribution in [1.29, 1.82) is 0 Å². The van der Waals surface area contributed by atoms with Gasteiger partial charge in [0.05, 0.1) is 0 Å². The summed E-state index contributed by atoms with van der Waals surface area (Å²) in [6.45, 7) is 0. The molecule has 0 spiro atoms. The van der Waals surface area contributed by atoms with Gasteiger partial charge in [0.25, 0.3) is 0 Å². The summed E-state index contributed by atoms with van der Waals surface area (Å²) in [5.74, 6) is -0.978. The van der Waals surface area contributed by atoms with Crippen molar-refractivity contribution >= 4 is 17.7 Å². The van der Waals surface area contributed by atoms with E-state index in [1.165, 1.54) is 11.8 Å². The molecule has 1 atom stereocenters. The molecule has 1 aromatic rings. The lowest BCUT2D eigenvalue weighted by atomic mass is 10.1. The molecule has 0 aliphatic carbocycles. The second-order valence-electron chi connectivity index (χ2n) is 3.02. The van der Waals surface area contributed by atoms with Crippen molar-refractivity contribution in [2.24, 2.45) is 5.73 Å². The number of aryl methyl sites for hydroxylation is 1. The van der Waals surface area contributed by atoms with Crippen LogP contribution in [0.5, 0.6) is 0 Å². The zero-order valence-corrected chi connectivity index (χ0v) is 9.20. The van der Waals surface area contributed by atoms with E-state index in [4.69, 9.17) is 10.8 Å². The summed E-state index contributed by atoms with van der Waals surface area (Å²) < 4.78 is 0. The van der Waals surface area contributed by atoms with Crippen LogP contribution in [-0.4, -0.2) is 33.3 Å². The van der Waals surface area contributed by atoms with Crippen LogP contribution in [0.1, 0.15) is 12.1 Å². The third-order valence-corrected chi connectivity index (χ3v) is 2.46. The van der Waals surface area contributed by atoms with Crippen molar-refractivity contribution in [3.63, 3.8) is 0 Å². The predicted octanol–water partition coefficient (Wildman–Crippen LogP) is 0.543. The fourth-order valence-corrected chi connectivity index (χ4v) is 1.42. The Hall–Kier alpha value is -1.14. The molecule has 1 aromatic heterocycles. The van der Waals surface area contributed by atoms with Crippen LogP contribution in [0.3, 0.4) is 0 Å². The van der Waals surface area contributed by atoms with E-state index in [0.717, 1.165) is 5.69 Å². The van der Waals surface area contributed by atoms with Crippen LogP contribution >= 0.6 is 11.8 Å². The number of hydrogen-bond donors (Lipinski definition) is 2. The quantitative estimate of drug-likeness (QED) is 0.564. The second kappa shape index (κ2) is 5.67. The minimum atomic E-state index is -0.978. The number of aliphatic carboxylic acids is 1. The first kappa shape index (κ1) is 11.9. The molecule has 1 rings (SSSR count). The highest BCUT2D eigenvalue weighted by Crippen LogP contribution is 2.09. The Morgan fingerprint density at radius 2 is 2.47 bits per heavy atom. The second-order valence-corrected chi connectivity index (χ2v) is 3.79. The number of hydrogen-bond acceptors (Lipinski definition) is 5. The van der Waals surface area contributed by atoms with Gasteiger partial charge in [-0.05, 0) is 25.2 Å². The average Bonchev–Trinajstić information content (AvgIpc) is 2.26. The Labute approximate surface area is 92.1 Å². The summed E-state index contributed by atoms with van der Waals surface area (Å²) in [6.07, 6.45) is 4.51. The third kappa shape index (κ3) is 3.85. The van der Waals surface area contributed by atoms with Crippen molar-refractivity contribution in [2.45, 2.75) is 24.0 Å². The maximum absolute atomic E-state index is 10.5. The molecule has 6 heteroatoms. The van der Waals surface area contributed by atoms with Gasteiger partial charge in [-0.1, -0.05) is 11.8 Å². The van der Waals surface area contributed by atoms with Crippen LogP contribution in [0.25, 0.3) is 0 Å². The van der Waals surface area contributed by atoms with Gasteiger partial charge >= 0.3 is 5.97 Å². The molecule has 3 N–H and O–H groups in total. The van der Waals surface area contributed by atoms with E-state index < -0.39 is 12.0 Å². The lowest BCUT2D eigenvalue weighted by molar-refractivity contribution is -0.138. The third-order valence-electron chi connectivity index (χ3n) is 1.90. The minimum Gasteiger partial charge on any atom is -0.480 e. The highest BCUT2D eigenvalue weighted by Gasteiger charge is 2.11. The number of carbonyl (C=O) groups is 1. The molecule has 0 fully saturated rings.